The van der Waals surface area contributed by atoms with Crippen LogP contribution in [0.2, 0.25) is 0 Å². The van der Waals surface area contributed by atoms with E-state index >= 15 is 0 Å². The summed E-state index contributed by atoms with van der Waals surface area (Å²) in [5.74, 6) is 0.439. The van der Waals surface area contributed by atoms with Crippen molar-refractivity contribution < 1.29 is 4.74 Å². The van der Waals surface area contributed by atoms with Crippen molar-refractivity contribution in [1.29, 1.82) is 5.26 Å². The van der Waals surface area contributed by atoms with Crippen LogP contribution in [0.1, 0.15) is 18.1 Å². The van der Waals surface area contributed by atoms with Crippen LogP contribution in [0.25, 0.3) is 0 Å². The molecule has 90 valence electrons. The lowest BCUT2D eigenvalue weighted by Gasteiger charge is -2.33. The molecule has 0 saturated carbocycles. The van der Waals surface area contributed by atoms with Gasteiger partial charge in [0.05, 0.1) is 24.0 Å². The first-order chi connectivity index (χ1) is 8.24. The molecule has 2 rings (SSSR count). The average molecular weight is 251 g/mol. The molecule has 0 aromatic heterocycles. The first-order valence-electron chi connectivity index (χ1n) is 5.70. The standard InChI is InChI=1S/C13H15ClN2O/c1-10-9-16(4-5-17-10)13-3-2-11(7-14)6-12(13)8-15/h2-3,6,10H,4-5,7,9H2,1H3. The highest BCUT2D eigenvalue weighted by Gasteiger charge is 2.19. The number of hydrogen-bond acceptors (Lipinski definition) is 3. The number of benzene rings is 1. The Morgan fingerprint density at radius 3 is 3.06 bits per heavy atom. The Morgan fingerprint density at radius 2 is 2.41 bits per heavy atom. The van der Waals surface area contributed by atoms with E-state index in [9.17, 15) is 5.26 Å². The molecule has 0 aliphatic carbocycles. The van der Waals surface area contributed by atoms with Gasteiger partial charge in [0.2, 0.25) is 0 Å². The number of morpholine rings is 1. The van der Waals surface area contributed by atoms with E-state index in [1.54, 1.807) is 0 Å². The van der Waals surface area contributed by atoms with E-state index in [1.807, 2.05) is 25.1 Å². The second-order valence-corrected chi connectivity index (χ2v) is 4.49. The lowest BCUT2D eigenvalue weighted by atomic mass is 10.1. The lowest BCUT2D eigenvalue weighted by Crippen LogP contribution is -2.41. The highest BCUT2D eigenvalue weighted by molar-refractivity contribution is 6.17. The minimum absolute atomic E-state index is 0.211. The Bertz CT molecular complexity index is 442. The molecule has 1 atom stereocenters. The van der Waals surface area contributed by atoms with Gasteiger partial charge in [-0.2, -0.15) is 5.26 Å². The molecule has 0 spiro atoms. The number of ether oxygens (including phenoxy) is 1. The van der Waals surface area contributed by atoms with E-state index < -0.39 is 0 Å². The molecule has 1 saturated heterocycles. The fourth-order valence-electron chi connectivity index (χ4n) is 2.07. The van der Waals surface area contributed by atoms with Crippen LogP contribution in [0.15, 0.2) is 18.2 Å². The van der Waals surface area contributed by atoms with Gasteiger partial charge >= 0.3 is 0 Å². The van der Waals surface area contributed by atoms with E-state index in [1.165, 1.54) is 0 Å². The largest absolute Gasteiger partial charge is 0.375 e. The molecule has 0 N–H and O–H groups in total. The van der Waals surface area contributed by atoms with Crippen LogP contribution in [0, 0.1) is 11.3 Å². The van der Waals surface area contributed by atoms with E-state index in [2.05, 4.69) is 11.0 Å². The Hall–Kier alpha value is -1.24. The van der Waals surface area contributed by atoms with Gasteiger partial charge in [0.15, 0.2) is 0 Å². The van der Waals surface area contributed by atoms with Crippen LogP contribution in [-0.4, -0.2) is 25.8 Å². The van der Waals surface area contributed by atoms with Crippen LogP contribution in [0.5, 0.6) is 0 Å². The van der Waals surface area contributed by atoms with Crippen molar-refractivity contribution in [1.82, 2.24) is 0 Å². The van der Waals surface area contributed by atoms with Gasteiger partial charge in [0, 0.05) is 19.0 Å². The fraction of sp³-hybridized carbons (Fsp3) is 0.462. The maximum Gasteiger partial charge on any atom is 0.101 e. The zero-order valence-electron chi connectivity index (χ0n) is 9.82. The first kappa shape index (κ1) is 12.2. The van der Waals surface area contributed by atoms with Crippen molar-refractivity contribution in [3.8, 4) is 6.07 Å². The van der Waals surface area contributed by atoms with Crippen LogP contribution in [0.3, 0.4) is 0 Å². The summed E-state index contributed by atoms with van der Waals surface area (Å²) in [6, 6.07) is 8.06. The molecule has 1 aromatic carbocycles. The van der Waals surface area contributed by atoms with Crippen molar-refractivity contribution in [2.45, 2.75) is 18.9 Å². The number of halogens is 1. The number of nitrogens with zero attached hydrogens (tertiary/aromatic N) is 2. The Balaban J connectivity index is 2.28. The predicted octanol–water partition coefficient (Wildman–Crippen LogP) is 2.52. The molecule has 0 amide bonds. The van der Waals surface area contributed by atoms with E-state index in [-0.39, 0.29) is 6.10 Å². The third-order valence-electron chi connectivity index (χ3n) is 2.92. The van der Waals surface area contributed by atoms with Gasteiger partial charge in [-0.05, 0) is 24.6 Å². The summed E-state index contributed by atoms with van der Waals surface area (Å²) in [6.07, 6.45) is 0.211. The van der Waals surface area contributed by atoms with Crippen LogP contribution in [0.4, 0.5) is 5.69 Å². The van der Waals surface area contributed by atoms with Gasteiger partial charge in [0.25, 0.3) is 0 Å². The Labute approximate surface area is 107 Å². The summed E-state index contributed by atoms with van der Waals surface area (Å²) in [7, 11) is 0. The molecule has 4 heteroatoms. The van der Waals surface area contributed by atoms with Gasteiger partial charge in [0.1, 0.15) is 6.07 Å². The zero-order valence-corrected chi connectivity index (χ0v) is 10.6. The molecular formula is C13H15ClN2O. The molecule has 1 aromatic rings. The fourth-order valence-corrected chi connectivity index (χ4v) is 2.24. The summed E-state index contributed by atoms with van der Waals surface area (Å²) in [5.41, 5.74) is 2.65. The highest BCUT2D eigenvalue weighted by Crippen LogP contribution is 2.24. The molecule has 1 heterocycles. The normalized spacial score (nSPS) is 20.1. The molecule has 1 fully saturated rings. The summed E-state index contributed by atoms with van der Waals surface area (Å²) >= 11 is 5.77. The molecule has 1 unspecified atom stereocenters. The van der Waals surface area contributed by atoms with Gasteiger partial charge in [-0.15, -0.1) is 11.6 Å². The number of hydrogen-bond donors (Lipinski definition) is 0. The second-order valence-electron chi connectivity index (χ2n) is 4.22. The second kappa shape index (κ2) is 5.39. The predicted molar refractivity (Wildman–Crippen MR) is 68.3 cm³/mol. The summed E-state index contributed by atoms with van der Waals surface area (Å²) < 4.78 is 5.50. The summed E-state index contributed by atoms with van der Waals surface area (Å²) in [4.78, 5) is 2.20. The highest BCUT2D eigenvalue weighted by atomic mass is 35.5. The maximum absolute atomic E-state index is 9.18. The number of rotatable bonds is 2. The van der Waals surface area contributed by atoms with Crippen molar-refractivity contribution >= 4 is 17.3 Å². The van der Waals surface area contributed by atoms with Crippen molar-refractivity contribution in [3.63, 3.8) is 0 Å². The van der Waals surface area contributed by atoms with Gasteiger partial charge in [-0.1, -0.05) is 6.07 Å². The van der Waals surface area contributed by atoms with Crippen LogP contribution in [-0.2, 0) is 10.6 Å². The average Bonchev–Trinajstić information content (AvgIpc) is 2.38. The van der Waals surface area contributed by atoms with E-state index in [0.717, 1.165) is 24.3 Å². The minimum Gasteiger partial charge on any atom is -0.375 e. The lowest BCUT2D eigenvalue weighted by molar-refractivity contribution is 0.0532. The van der Waals surface area contributed by atoms with Gasteiger partial charge in [-0.3, -0.25) is 0 Å². The maximum atomic E-state index is 9.18. The number of alkyl halides is 1. The quantitative estimate of drug-likeness (QED) is 0.757. The smallest absolute Gasteiger partial charge is 0.101 e. The molecule has 1 aliphatic heterocycles. The molecular weight excluding hydrogens is 236 g/mol. The SMILES string of the molecule is CC1CN(c2ccc(CCl)cc2C#N)CCO1. The first-order valence-corrected chi connectivity index (χ1v) is 6.23. The van der Waals surface area contributed by atoms with Crippen molar-refractivity contribution in [3.05, 3.63) is 29.3 Å². The topological polar surface area (TPSA) is 36.3 Å². The van der Waals surface area contributed by atoms with Crippen molar-refractivity contribution in [2.75, 3.05) is 24.6 Å². The zero-order chi connectivity index (χ0) is 12.3. The van der Waals surface area contributed by atoms with Crippen LogP contribution < -0.4 is 4.90 Å². The molecule has 3 nitrogen and oxygen atoms in total. The third kappa shape index (κ3) is 2.71. The van der Waals surface area contributed by atoms with Crippen molar-refractivity contribution in [2.24, 2.45) is 0 Å². The van der Waals surface area contributed by atoms with Crippen LogP contribution >= 0.6 is 11.6 Å². The summed E-state index contributed by atoms with van der Waals surface area (Å²) in [5, 5.41) is 9.18. The van der Waals surface area contributed by atoms with E-state index in [4.69, 9.17) is 16.3 Å². The summed E-state index contributed by atoms with van der Waals surface area (Å²) in [6.45, 7) is 4.42. The van der Waals surface area contributed by atoms with E-state index in [0.29, 0.717) is 18.1 Å². The van der Waals surface area contributed by atoms with Gasteiger partial charge < -0.3 is 9.64 Å². The molecule has 1 aliphatic rings. The Kier molecular flexibility index (Phi) is 3.88. The molecule has 0 radical (unpaired) electrons. The van der Waals surface area contributed by atoms with Gasteiger partial charge in [-0.25, -0.2) is 0 Å². The monoisotopic (exact) mass is 250 g/mol. The number of nitriles is 1. The molecule has 0 bridgehead atoms. The Morgan fingerprint density at radius 1 is 1.59 bits per heavy atom. The number of anilines is 1. The minimum atomic E-state index is 0.211. The molecule has 17 heavy (non-hydrogen) atoms. The third-order valence-corrected chi connectivity index (χ3v) is 3.23.